The summed E-state index contributed by atoms with van der Waals surface area (Å²) >= 11 is 1.38. The molecule has 1 N–H and O–H groups in total. The van der Waals surface area contributed by atoms with E-state index in [4.69, 9.17) is 0 Å². The van der Waals surface area contributed by atoms with Gasteiger partial charge in [-0.05, 0) is 24.6 Å². The molecule has 0 radical (unpaired) electrons. The third-order valence-corrected chi connectivity index (χ3v) is 4.02. The molecule has 1 aromatic heterocycles. The van der Waals surface area contributed by atoms with E-state index in [0.29, 0.717) is 0 Å². The van der Waals surface area contributed by atoms with E-state index < -0.39 is 11.7 Å². The average Bonchev–Trinajstić information content (AvgIpc) is 3.01. The monoisotopic (exact) mass is 312 g/mol. The molecule has 1 amide bonds. The Balaban J connectivity index is 1.80. The van der Waals surface area contributed by atoms with Crippen LogP contribution in [0, 0.1) is 12.7 Å². The van der Waals surface area contributed by atoms with Gasteiger partial charge in [0.1, 0.15) is 16.5 Å². The lowest BCUT2D eigenvalue weighted by Crippen LogP contribution is -2.13. The number of aryl methyl sites for hydroxylation is 1. The second kappa shape index (κ2) is 6.07. The minimum Gasteiger partial charge on any atom is -0.318 e. The summed E-state index contributed by atoms with van der Waals surface area (Å²) in [5.41, 5.74) is 2.19. The zero-order valence-electron chi connectivity index (χ0n) is 11.8. The molecule has 0 saturated heterocycles. The molecule has 0 atom stereocenters. The second-order valence-electron chi connectivity index (χ2n) is 4.84. The number of benzene rings is 2. The van der Waals surface area contributed by atoms with Crippen LogP contribution in [0.25, 0.3) is 10.6 Å². The van der Waals surface area contributed by atoms with Gasteiger partial charge in [0.2, 0.25) is 0 Å². The van der Waals surface area contributed by atoms with Gasteiger partial charge in [-0.2, -0.15) is 0 Å². The van der Waals surface area contributed by atoms with Gasteiger partial charge < -0.3 is 5.32 Å². The van der Waals surface area contributed by atoms with E-state index in [-0.39, 0.29) is 11.4 Å². The van der Waals surface area contributed by atoms with Gasteiger partial charge in [-0.15, -0.1) is 11.3 Å². The molecular weight excluding hydrogens is 299 g/mol. The lowest BCUT2D eigenvalue weighted by Gasteiger charge is -2.05. The van der Waals surface area contributed by atoms with Crippen LogP contribution in [0.2, 0.25) is 0 Å². The number of nitrogens with zero attached hydrogens (tertiary/aromatic N) is 1. The highest BCUT2D eigenvalue weighted by molar-refractivity contribution is 7.13. The first-order valence-corrected chi connectivity index (χ1v) is 7.60. The first-order valence-electron chi connectivity index (χ1n) is 6.72. The lowest BCUT2D eigenvalue weighted by molar-refractivity contribution is 0.102. The van der Waals surface area contributed by atoms with Gasteiger partial charge in [0.15, 0.2) is 0 Å². The molecule has 2 aromatic carbocycles. The number of carbonyl (C=O) groups excluding carboxylic acids is 1. The predicted octanol–water partition coefficient (Wildman–Crippen LogP) is 4.51. The maximum atomic E-state index is 13.8. The quantitative estimate of drug-likeness (QED) is 0.773. The molecule has 0 spiro atoms. The summed E-state index contributed by atoms with van der Waals surface area (Å²) in [5, 5.41) is 4.98. The van der Waals surface area contributed by atoms with E-state index in [1.165, 1.54) is 17.4 Å². The average molecular weight is 312 g/mol. The molecule has 3 aromatic rings. The first kappa shape index (κ1) is 14.4. The van der Waals surface area contributed by atoms with E-state index in [0.717, 1.165) is 16.1 Å². The summed E-state index contributed by atoms with van der Waals surface area (Å²) < 4.78 is 13.8. The van der Waals surface area contributed by atoms with Crippen LogP contribution in [0.1, 0.15) is 16.1 Å². The van der Waals surface area contributed by atoms with E-state index in [2.05, 4.69) is 10.3 Å². The van der Waals surface area contributed by atoms with Gasteiger partial charge in [-0.1, -0.05) is 36.4 Å². The number of halogens is 1. The Hall–Kier alpha value is -2.53. The van der Waals surface area contributed by atoms with Gasteiger partial charge in [0.05, 0.1) is 5.69 Å². The molecule has 0 saturated carbocycles. The zero-order valence-corrected chi connectivity index (χ0v) is 12.7. The van der Waals surface area contributed by atoms with Crippen molar-refractivity contribution in [3.05, 3.63) is 71.0 Å². The Bertz CT molecular complexity index is 815. The second-order valence-corrected chi connectivity index (χ2v) is 5.70. The molecule has 0 aliphatic rings. The molecule has 3 nitrogen and oxygen atoms in total. The Kier molecular flexibility index (Phi) is 3.98. The molecule has 0 bridgehead atoms. The van der Waals surface area contributed by atoms with Crippen LogP contribution in [0.3, 0.4) is 0 Å². The summed E-state index contributed by atoms with van der Waals surface area (Å²) in [6, 6.07) is 14.3. The summed E-state index contributed by atoms with van der Waals surface area (Å²) in [4.78, 5) is 16.5. The molecule has 3 rings (SSSR count). The highest BCUT2D eigenvalue weighted by Gasteiger charge is 2.13. The smallest absolute Gasteiger partial charge is 0.275 e. The number of hydrogen-bond donors (Lipinski definition) is 1. The summed E-state index contributed by atoms with van der Waals surface area (Å²) in [5.74, 6) is -0.868. The lowest BCUT2D eigenvalue weighted by atomic mass is 10.2. The number of nitrogens with one attached hydrogen (secondary N) is 1. The van der Waals surface area contributed by atoms with E-state index in [9.17, 15) is 9.18 Å². The van der Waals surface area contributed by atoms with Gasteiger partial charge in [0.25, 0.3) is 5.91 Å². The van der Waals surface area contributed by atoms with Crippen molar-refractivity contribution in [2.45, 2.75) is 6.92 Å². The Morgan fingerprint density at radius 2 is 1.95 bits per heavy atom. The number of thiazole rings is 1. The fraction of sp³-hybridized carbons (Fsp3) is 0.0588. The molecule has 1 heterocycles. The number of carbonyl (C=O) groups is 1. The minimum atomic E-state index is -0.452. The van der Waals surface area contributed by atoms with Crippen LogP contribution < -0.4 is 5.32 Å². The van der Waals surface area contributed by atoms with Crippen molar-refractivity contribution < 1.29 is 9.18 Å². The van der Waals surface area contributed by atoms with E-state index >= 15 is 0 Å². The maximum absolute atomic E-state index is 13.8. The van der Waals surface area contributed by atoms with Crippen molar-refractivity contribution in [1.82, 2.24) is 4.98 Å². The summed E-state index contributed by atoms with van der Waals surface area (Å²) in [6.07, 6.45) is 0. The van der Waals surface area contributed by atoms with Crippen LogP contribution >= 0.6 is 11.3 Å². The Labute approximate surface area is 131 Å². The molecule has 5 heteroatoms. The molecule has 0 aliphatic heterocycles. The van der Waals surface area contributed by atoms with Crippen molar-refractivity contribution in [2.75, 3.05) is 5.32 Å². The normalized spacial score (nSPS) is 10.5. The largest absolute Gasteiger partial charge is 0.318 e. The standard InChI is InChI=1S/C17H13FN2OS/c1-11-7-8-14(13(18)9-11)19-16(21)15-10-22-17(20-15)12-5-3-2-4-6-12/h2-10H,1H3,(H,19,21). The number of rotatable bonds is 3. The number of anilines is 1. The van der Waals surface area contributed by atoms with E-state index in [1.807, 2.05) is 30.3 Å². The fourth-order valence-corrected chi connectivity index (χ4v) is 2.81. The Morgan fingerprint density at radius 3 is 2.68 bits per heavy atom. The topological polar surface area (TPSA) is 42.0 Å². The number of amides is 1. The summed E-state index contributed by atoms with van der Waals surface area (Å²) in [6.45, 7) is 1.79. The van der Waals surface area contributed by atoms with E-state index in [1.54, 1.807) is 24.4 Å². The molecule has 0 fully saturated rings. The fourth-order valence-electron chi connectivity index (χ4n) is 2.00. The molecule has 0 aliphatic carbocycles. The Morgan fingerprint density at radius 1 is 1.18 bits per heavy atom. The zero-order chi connectivity index (χ0) is 15.5. The summed E-state index contributed by atoms with van der Waals surface area (Å²) in [7, 11) is 0. The number of hydrogen-bond acceptors (Lipinski definition) is 3. The molecule has 110 valence electrons. The highest BCUT2D eigenvalue weighted by atomic mass is 32.1. The minimum absolute atomic E-state index is 0.157. The molecule has 22 heavy (non-hydrogen) atoms. The van der Waals surface area contributed by atoms with Crippen molar-refractivity contribution in [3.63, 3.8) is 0 Å². The van der Waals surface area contributed by atoms with Gasteiger partial charge in [-0.3, -0.25) is 4.79 Å². The van der Waals surface area contributed by atoms with Crippen molar-refractivity contribution in [1.29, 1.82) is 0 Å². The third-order valence-electron chi connectivity index (χ3n) is 3.13. The highest BCUT2D eigenvalue weighted by Crippen LogP contribution is 2.24. The predicted molar refractivity (Wildman–Crippen MR) is 86.6 cm³/mol. The van der Waals surface area contributed by atoms with Crippen molar-refractivity contribution in [3.8, 4) is 10.6 Å². The SMILES string of the molecule is Cc1ccc(NC(=O)c2csc(-c3ccccc3)n2)c(F)c1. The third kappa shape index (κ3) is 3.04. The first-order chi connectivity index (χ1) is 10.6. The van der Waals surface area contributed by atoms with Crippen molar-refractivity contribution in [2.24, 2.45) is 0 Å². The van der Waals surface area contributed by atoms with Gasteiger partial charge in [-0.25, -0.2) is 9.37 Å². The van der Waals surface area contributed by atoms with Crippen LogP contribution in [0.5, 0.6) is 0 Å². The molecule has 0 unspecified atom stereocenters. The van der Waals surface area contributed by atoms with Crippen LogP contribution in [-0.2, 0) is 0 Å². The van der Waals surface area contributed by atoms with Gasteiger partial charge in [0, 0.05) is 10.9 Å². The maximum Gasteiger partial charge on any atom is 0.275 e. The van der Waals surface area contributed by atoms with Crippen LogP contribution in [-0.4, -0.2) is 10.9 Å². The molecular formula is C17H13FN2OS. The van der Waals surface area contributed by atoms with Crippen LogP contribution in [0.4, 0.5) is 10.1 Å². The number of aromatic nitrogens is 1. The van der Waals surface area contributed by atoms with Gasteiger partial charge >= 0.3 is 0 Å². The van der Waals surface area contributed by atoms with Crippen molar-refractivity contribution >= 4 is 22.9 Å². The van der Waals surface area contributed by atoms with Crippen LogP contribution in [0.15, 0.2) is 53.9 Å².